The zero-order valence-corrected chi connectivity index (χ0v) is 9.23. The number of carbonyl (C=O) groups is 1. The van der Waals surface area contributed by atoms with E-state index in [1.54, 1.807) is 6.92 Å². The van der Waals surface area contributed by atoms with E-state index >= 15 is 0 Å². The van der Waals surface area contributed by atoms with Crippen molar-refractivity contribution in [2.45, 2.75) is 45.8 Å². The van der Waals surface area contributed by atoms with Crippen LogP contribution in [0.1, 0.15) is 33.6 Å². The van der Waals surface area contributed by atoms with E-state index in [-0.39, 0.29) is 12.5 Å². The van der Waals surface area contributed by atoms with Crippen LogP contribution < -0.4 is 0 Å². The van der Waals surface area contributed by atoms with Crippen molar-refractivity contribution in [2.75, 3.05) is 13.1 Å². The number of hydrogen-bond donors (Lipinski definition) is 2. The number of carboxylic acid groups (broad SMARTS) is 1. The quantitative estimate of drug-likeness (QED) is 0.646. The summed E-state index contributed by atoms with van der Waals surface area (Å²) >= 11 is 0. The molecule has 14 heavy (non-hydrogen) atoms. The van der Waals surface area contributed by atoms with Crippen LogP contribution in [0.25, 0.3) is 0 Å². The van der Waals surface area contributed by atoms with Crippen LogP contribution >= 0.6 is 0 Å². The second kappa shape index (κ2) is 6.79. The summed E-state index contributed by atoms with van der Waals surface area (Å²) < 4.78 is 0. The molecule has 0 amide bonds. The van der Waals surface area contributed by atoms with E-state index in [0.717, 1.165) is 6.54 Å². The van der Waals surface area contributed by atoms with Gasteiger partial charge in [-0.1, -0.05) is 0 Å². The normalized spacial score (nSPS) is 13.6. The second-order valence-electron chi connectivity index (χ2n) is 3.91. The number of hydrogen-bond acceptors (Lipinski definition) is 3. The average Bonchev–Trinajstić information content (AvgIpc) is 2.02. The molecule has 0 saturated carbocycles. The third-order valence-electron chi connectivity index (χ3n) is 2.18. The van der Waals surface area contributed by atoms with Gasteiger partial charge in [0.15, 0.2) is 0 Å². The van der Waals surface area contributed by atoms with Gasteiger partial charge in [-0.2, -0.15) is 0 Å². The van der Waals surface area contributed by atoms with Gasteiger partial charge < -0.3 is 15.1 Å². The van der Waals surface area contributed by atoms with E-state index in [4.69, 9.17) is 10.2 Å². The fourth-order valence-corrected chi connectivity index (χ4v) is 1.22. The molecule has 0 aliphatic heterocycles. The molecule has 0 radical (unpaired) electrons. The highest BCUT2D eigenvalue weighted by molar-refractivity contribution is 5.66. The number of aliphatic hydroxyl groups excluding tert-OH is 1. The average molecular weight is 203 g/mol. The minimum atomic E-state index is -0.771. The fraction of sp³-hybridized carbons (Fsp3) is 0.900. The van der Waals surface area contributed by atoms with Crippen LogP contribution in [0.15, 0.2) is 0 Å². The highest BCUT2D eigenvalue weighted by Crippen LogP contribution is 2.03. The maximum absolute atomic E-state index is 10.4. The monoisotopic (exact) mass is 203 g/mol. The van der Waals surface area contributed by atoms with Crippen LogP contribution in [-0.2, 0) is 4.79 Å². The zero-order chi connectivity index (χ0) is 11.1. The van der Waals surface area contributed by atoms with Crippen molar-refractivity contribution < 1.29 is 15.0 Å². The van der Waals surface area contributed by atoms with Crippen molar-refractivity contribution >= 4 is 5.97 Å². The van der Waals surface area contributed by atoms with E-state index < -0.39 is 5.97 Å². The lowest BCUT2D eigenvalue weighted by Gasteiger charge is -2.26. The molecule has 0 aliphatic rings. The third-order valence-corrected chi connectivity index (χ3v) is 2.18. The fourth-order valence-electron chi connectivity index (χ4n) is 1.22. The van der Waals surface area contributed by atoms with Crippen LogP contribution in [0.2, 0.25) is 0 Å². The Hall–Kier alpha value is -0.610. The van der Waals surface area contributed by atoms with E-state index in [1.165, 1.54) is 0 Å². The van der Waals surface area contributed by atoms with Crippen molar-refractivity contribution in [2.24, 2.45) is 0 Å². The van der Waals surface area contributed by atoms with Crippen molar-refractivity contribution in [1.29, 1.82) is 0 Å². The number of carboxylic acids is 1. The van der Waals surface area contributed by atoms with E-state index in [1.807, 2.05) is 13.8 Å². The summed E-state index contributed by atoms with van der Waals surface area (Å²) in [5.74, 6) is -0.771. The second-order valence-corrected chi connectivity index (χ2v) is 3.91. The molecule has 0 rings (SSSR count). The van der Waals surface area contributed by atoms with Crippen molar-refractivity contribution in [3.63, 3.8) is 0 Å². The summed E-state index contributed by atoms with van der Waals surface area (Å²) in [6, 6.07) is 0.327. The van der Waals surface area contributed by atoms with E-state index in [2.05, 4.69) is 4.90 Å². The highest BCUT2D eigenvalue weighted by Gasteiger charge is 2.11. The van der Waals surface area contributed by atoms with Crippen LogP contribution in [0.5, 0.6) is 0 Å². The summed E-state index contributed by atoms with van der Waals surface area (Å²) in [6.45, 7) is 7.12. The third kappa shape index (κ3) is 6.86. The molecule has 0 aromatic rings. The van der Waals surface area contributed by atoms with Gasteiger partial charge in [-0.05, 0) is 27.2 Å². The van der Waals surface area contributed by atoms with Gasteiger partial charge in [-0.3, -0.25) is 4.79 Å². The molecule has 1 unspecified atom stereocenters. The molecule has 0 aromatic heterocycles. The van der Waals surface area contributed by atoms with Gasteiger partial charge in [0, 0.05) is 19.1 Å². The molecule has 0 heterocycles. The van der Waals surface area contributed by atoms with Gasteiger partial charge in [0.2, 0.25) is 0 Å². The SMILES string of the molecule is CC(O)CCN(CCC(=O)O)C(C)C. The standard InChI is InChI=1S/C10H21NO3/c1-8(2)11(6-4-9(3)12)7-5-10(13)14/h8-9,12H,4-7H2,1-3H3,(H,13,14). The zero-order valence-electron chi connectivity index (χ0n) is 9.23. The molecule has 1 atom stereocenters. The summed E-state index contributed by atoms with van der Waals surface area (Å²) in [6.07, 6.45) is 0.538. The first-order valence-corrected chi connectivity index (χ1v) is 5.07. The lowest BCUT2D eigenvalue weighted by Crippen LogP contribution is -2.35. The molecule has 0 aliphatic carbocycles. The summed E-state index contributed by atoms with van der Waals surface area (Å²) in [5, 5.41) is 17.7. The Morgan fingerprint density at radius 3 is 2.21 bits per heavy atom. The lowest BCUT2D eigenvalue weighted by atomic mass is 10.2. The van der Waals surface area contributed by atoms with Gasteiger partial charge in [-0.25, -0.2) is 0 Å². The van der Waals surface area contributed by atoms with Gasteiger partial charge in [-0.15, -0.1) is 0 Å². The Morgan fingerprint density at radius 1 is 1.29 bits per heavy atom. The van der Waals surface area contributed by atoms with E-state index in [9.17, 15) is 4.79 Å². The predicted molar refractivity (Wildman–Crippen MR) is 55.3 cm³/mol. The van der Waals surface area contributed by atoms with E-state index in [0.29, 0.717) is 19.0 Å². The van der Waals surface area contributed by atoms with Gasteiger partial charge in [0.05, 0.1) is 12.5 Å². The molecule has 0 spiro atoms. The molecule has 0 bridgehead atoms. The van der Waals surface area contributed by atoms with Crippen molar-refractivity contribution in [3.05, 3.63) is 0 Å². The topological polar surface area (TPSA) is 60.8 Å². The van der Waals surface area contributed by atoms with Gasteiger partial charge >= 0.3 is 5.97 Å². The Bertz CT molecular complexity index is 169. The number of nitrogens with zero attached hydrogens (tertiary/aromatic N) is 1. The molecule has 0 saturated heterocycles. The minimum Gasteiger partial charge on any atom is -0.481 e. The van der Waals surface area contributed by atoms with Crippen molar-refractivity contribution in [3.8, 4) is 0 Å². The molecule has 4 heteroatoms. The maximum Gasteiger partial charge on any atom is 0.304 e. The molecular weight excluding hydrogens is 182 g/mol. The summed E-state index contributed by atoms with van der Waals surface area (Å²) in [7, 11) is 0. The van der Waals surface area contributed by atoms with Crippen molar-refractivity contribution in [1.82, 2.24) is 4.90 Å². The lowest BCUT2D eigenvalue weighted by molar-refractivity contribution is -0.137. The molecule has 0 fully saturated rings. The number of rotatable bonds is 7. The molecule has 2 N–H and O–H groups in total. The molecule has 84 valence electrons. The van der Waals surface area contributed by atoms with Gasteiger partial charge in [0.25, 0.3) is 0 Å². The smallest absolute Gasteiger partial charge is 0.304 e. The predicted octanol–water partition coefficient (Wildman–Crippen LogP) is 0.942. The largest absolute Gasteiger partial charge is 0.481 e. The first kappa shape index (κ1) is 13.4. The maximum atomic E-state index is 10.4. The minimum absolute atomic E-state index is 0.165. The van der Waals surface area contributed by atoms with Crippen LogP contribution in [-0.4, -0.2) is 46.3 Å². The molecule has 0 aromatic carbocycles. The Morgan fingerprint density at radius 2 is 1.86 bits per heavy atom. The highest BCUT2D eigenvalue weighted by atomic mass is 16.4. The Labute approximate surface area is 85.5 Å². The van der Waals surface area contributed by atoms with Crippen LogP contribution in [0.4, 0.5) is 0 Å². The number of aliphatic carboxylic acids is 1. The molecule has 4 nitrogen and oxygen atoms in total. The number of aliphatic hydroxyl groups is 1. The Kier molecular flexibility index (Phi) is 6.49. The van der Waals surface area contributed by atoms with Gasteiger partial charge in [0.1, 0.15) is 0 Å². The Balaban J connectivity index is 3.84. The first-order chi connectivity index (χ1) is 6.43. The van der Waals surface area contributed by atoms with Crippen LogP contribution in [0.3, 0.4) is 0 Å². The first-order valence-electron chi connectivity index (χ1n) is 5.07. The van der Waals surface area contributed by atoms with Crippen LogP contribution in [0, 0.1) is 0 Å². The summed E-state index contributed by atoms with van der Waals surface area (Å²) in [5.41, 5.74) is 0. The molecular formula is C10H21NO3. The summed E-state index contributed by atoms with van der Waals surface area (Å²) in [4.78, 5) is 12.5.